The van der Waals surface area contributed by atoms with E-state index in [0.717, 1.165) is 70.6 Å². The highest BCUT2D eigenvalue weighted by Gasteiger charge is 2.47. The number of ether oxygens (including phenoxy) is 3. The number of aliphatic hydroxyl groups excluding tert-OH is 5. The average molecular weight is 1130 g/mol. The number of rotatable bonds is 58. The smallest absolute Gasteiger partial charge is 0.306 e. The Morgan fingerprint density at radius 1 is 0.487 bits per heavy atom. The molecule has 8 unspecified atom stereocenters. The molecule has 0 radical (unpaired) electrons. The molecule has 1 heterocycles. The Balaban J connectivity index is 2.52. The summed E-state index contributed by atoms with van der Waals surface area (Å²) in [7, 11) is 0. The fourth-order valence-electron chi connectivity index (χ4n) is 10.6. The molecule has 0 aromatic carbocycles. The molecule has 8 atom stereocenters. The molecule has 0 aromatic heterocycles. The highest BCUT2D eigenvalue weighted by molar-refractivity contribution is 5.80. The standard InChI is InChI=1S/C69H127NO10/c1-4-7-10-13-16-19-22-24-25-26-27-28-29-30-31-32-33-34-35-36-37-39-42-45-48-51-54-57-64(74)80-67-66(76)65(75)63(58-71)79-69(67)78-59-60(61(72)55-52-49-46-43-40-21-18-15-12-9-6-3)70-68(77)62(73)56-53-50-47-44-41-38-23-20-17-14-11-8-5-2/h16,19,24-25,27-28,52,55,60-63,65-67,69,71-73,75-76H,4-15,17-18,20-23,26,29-51,53-54,56-59H2,1-3H3,(H,70,77)/b19-16-,25-24-,28-27-,55-52+. The molecule has 468 valence electrons. The van der Waals surface area contributed by atoms with Gasteiger partial charge >= 0.3 is 5.97 Å². The molecule has 80 heavy (non-hydrogen) atoms. The van der Waals surface area contributed by atoms with Crippen molar-refractivity contribution in [3.05, 3.63) is 48.6 Å². The van der Waals surface area contributed by atoms with Gasteiger partial charge in [-0.1, -0.05) is 294 Å². The van der Waals surface area contributed by atoms with Crippen molar-refractivity contribution in [2.75, 3.05) is 13.2 Å². The second-order valence-electron chi connectivity index (χ2n) is 23.6. The summed E-state index contributed by atoms with van der Waals surface area (Å²) in [5.41, 5.74) is 0. The molecule has 0 spiro atoms. The Morgan fingerprint density at radius 2 is 0.863 bits per heavy atom. The zero-order valence-corrected chi connectivity index (χ0v) is 52.0. The first kappa shape index (κ1) is 75.6. The predicted octanol–water partition coefficient (Wildman–Crippen LogP) is 16.8. The van der Waals surface area contributed by atoms with Crippen LogP contribution in [0.1, 0.15) is 316 Å². The summed E-state index contributed by atoms with van der Waals surface area (Å²) in [6.07, 6.45) is 60.2. The molecule has 1 amide bonds. The molecule has 1 aliphatic rings. The number of aliphatic hydroxyl groups is 5. The summed E-state index contributed by atoms with van der Waals surface area (Å²) in [4.78, 5) is 26.6. The summed E-state index contributed by atoms with van der Waals surface area (Å²) in [5.74, 6) is -1.18. The first-order valence-corrected chi connectivity index (χ1v) is 33.9. The van der Waals surface area contributed by atoms with Crippen LogP contribution in [0.2, 0.25) is 0 Å². The summed E-state index contributed by atoms with van der Waals surface area (Å²) < 4.78 is 17.7. The Bertz CT molecular complexity index is 1490. The van der Waals surface area contributed by atoms with E-state index < -0.39 is 67.4 Å². The van der Waals surface area contributed by atoms with Crippen LogP contribution in [0.4, 0.5) is 0 Å². The van der Waals surface area contributed by atoms with Crippen LogP contribution in [-0.2, 0) is 23.8 Å². The van der Waals surface area contributed by atoms with Crippen LogP contribution in [0.25, 0.3) is 0 Å². The van der Waals surface area contributed by atoms with E-state index in [2.05, 4.69) is 62.5 Å². The summed E-state index contributed by atoms with van der Waals surface area (Å²) in [6.45, 7) is 5.78. The zero-order valence-electron chi connectivity index (χ0n) is 52.0. The second kappa shape index (κ2) is 57.1. The third kappa shape index (κ3) is 44.2. The van der Waals surface area contributed by atoms with Crippen LogP contribution in [0.3, 0.4) is 0 Å². The SMILES string of the molecule is CCCCC/C=C\C/C=C\C/C=C\CCCCCCCCCCCCCCCCC(=O)OC1C(OCC(NC(=O)C(O)CCCCCCCCCCCCCCC)C(O)/C=C/CCCCCCCCCCC)OC(CO)C(O)C1O. The third-order valence-corrected chi connectivity index (χ3v) is 16.0. The van der Waals surface area contributed by atoms with E-state index >= 15 is 0 Å². The molecule has 0 aromatic rings. The number of carbonyl (C=O) groups excluding carboxylic acids is 2. The van der Waals surface area contributed by atoms with Crippen LogP contribution in [0, 0.1) is 0 Å². The van der Waals surface area contributed by atoms with Gasteiger partial charge in [-0.25, -0.2) is 0 Å². The lowest BCUT2D eigenvalue weighted by molar-refractivity contribution is -0.305. The minimum absolute atomic E-state index is 0.125. The van der Waals surface area contributed by atoms with Gasteiger partial charge < -0.3 is 45.1 Å². The van der Waals surface area contributed by atoms with Gasteiger partial charge in [0.25, 0.3) is 0 Å². The second-order valence-corrected chi connectivity index (χ2v) is 23.6. The normalized spacial score (nSPS) is 19.0. The molecular weight excluding hydrogens is 1000 g/mol. The number of carbonyl (C=O) groups is 2. The lowest BCUT2D eigenvalue weighted by Crippen LogP contribution is -2.61. The Morgan fingerprint density at radius 3 is 1.31 bits per heavy atom. The van der Waals surface area contributed by atoms with Gasteiger partial charge in [-0.15, -0.1) is 0 Å². The van der Waals surface area contributed by atoms with Crippen molar-refractivity contribution in [1.82, 2.24) is 5.32 Å². The number of unbranched alkanes of at least 4 members (excludes halogenated alkanes) is 38. The molecule has 1 saturated heterocycles. The topological polar surface area (TPSA) is 175 Å². The number of hydrogen-bond acceptors (Lipinski definition) is 10. The highest BCUT2D eigenvalue weighted by Crippen LogP contribution is 2.26. The number of nitrogens with one attached hydrogen (secondary N) is 1. The van der Waals surface area contributed by atoms with E-state index in [-0.39, 0.29) is 13.0 Å². The summed E-state index contributed by atoms with van der Waals surface area (Å²) in [5, 5.41) is 57.0. The lowest BCUT2D eigenvalue weighted by Gasteiger charge is -2.41. The van der Waals surface area contributed by atoms with E-state index in [4.69, 9.17) is 14.2 Å². The molecule has 0 bridgehead atoms. The van der Waals surface area contributed by atoms with Crippen molar-refractivity contribution >= 4 is 11.9 Å². The van der Waals surface area contributed by atoms with Gasteiger partial charge in [0.05, 0.1) is 25.4 Å². The zero-order chi connectivity index (χ0) is 58.2. The molecule has 1 fully saturated rings. The number of allylic oxidation sites excluding steroid dienone is 7. The molecule has 6 N–H and O–H groups in total. The van der Waals surface area contributed by atoms with Gasteiger partial charge in [0, 0.05) is 6.42 Å². The van der Waals surface area contributed by atoms with Gasteiger partial charge in [0.15, 0.2) is 12.4 Å². The highest BCUT2D eigenvalue weighted by atomic mass is 16.7. The number of esters is 1. The summed E-state index contributed by atoms with van der Waals surface area (Å²) in [6, 6.07) is -1.02. The Labute approximate surface area is 491 Å². The van der Waals surface area contributed by atoms with Gasteiger partial charge in [-0.05, 0) is 64.2 Å². The van der Waals surface area contributed by atoms with E-state index in [1.807, 2.05) is 6.08 Å². The van der Waals surface area contributed by atoms with Gasteiger partial charge in [0.2, 0.25) is 5.91 Å². The lowest BCUT2D eigenvalue weighted by atomic mass is 9.99. The number of amides is 1. The Kier molecular flexibility index (Phi) is 54.0. The quantitative estimate of drug-likeness (QED) is 0.0195. The van der Waals surface area contributed by atoms with E-state index in [1.165, 1.54) is 199 Å². The molecule has 0 aliphatic carbocycles. The average Bonchev–Trinajstić information content (AvgIpc) is 3.46. The molecule has 11 heteroatoms. The largest absolute Gasteiger partial charge is 0.454 e. The van der Waals surface area contributed by atoms with Crippen molar-refractivity contribution in [3.8, 4) is 0 Å². The maximum atomic E-state index is 13.4. The van der Waals surface area contributed by atoms with Gasteiger partial charge in [-0.2, -0.15) is 0 Å². The van der Waals surface area contributed by atoms with E-state index in [0.29, 0.717) is 19.3 Å². The first-order chi connectivity index (χ1) is 39.2. The van der Waals surface area contributed by atoms with Crippen molar-refractivity contribution in [2.45, 2.75) is 365 Å². The fraction of sp³-hybridized carbons (Fsp3) is 0.855. The monoisotopic (exact) mass is 1130 g/mol. The van der Waals surface area contributed by atoms with E-state index in [1.54, 1.807) is 6.08 Å². The van der Waals surface area contributed by atoms with Crippen molar-refractivity contribution in [3.63, 3.8) is 0 Å². The molecule has 0 saturated carbocycles. The molecule has 1 rings (SSSR count). The van der Waals surface area contributed by atoms with E-state index in [9.17, 15) is 35.1 Å². The van der Waals surface area contributed by atoms with Crippen LogP contribution in [-0.4, -0.2) is 99.6 Å². The van der Waals surface area contributed by atoms with Crippen molar-refractivity contribution < 1.29 is 49.3 Å². The van der Waals surface area contributed by atoms with Gasteiger partial charge in [-0.3, -0.25) is 9.59 Å². The van der Waals surface area contributed by atoms with Crippen LogP contribution >= 0.6 is 0 Å². The van der Waals surface area contributed by atoms with Crippen LogP contribution in [0.15, 0.2) is 48.6 Å². The molecule has 11 nitrogen and oxygen atoms in total. The van der Waals surface area contributed by atoms with Crippen LogP contribution in [0.5, 0.6) is 0 Å². The van der Waals surface area contributed by atoms with Crippen molar-refractivity contribution in [1.29, 1.82) is 0 Å². The van der Waals surface area contributed by atoms with Crippen LogP contribution < -0.4 is 5.32 Å². The fourth-order valence-corrected chi connectivity index (χ4v) is 10.6. The van der Waals surface area contributed by atoms with Crippen molar-refractivity contribution in [2.24, 2.45) is 0 Å². The minimum atomic E-state index is -1.61. The molecular formula is C69H127NO10. The maximum Gasteiger partial charge on any atom is 0.306 e. The summed E-state index contributed by atoms with van der Waals surface area (Å²) >= 11 is 0. The first-order valence-electron chi connectivity index (χ1n) is 33.9. The minimum Gasteiger partial charge on any atom is -0.454 e. The van der Waals surface area contributed by atoms with Gasteiger partial charge in [0.1, 0.15) is 24.4 Å². The Hall–Kier alpha value is -2.38. The molecule has 1 aliphatic heterocycles. The predicted molar refractivity (Wildman–Crippen MR) is 334 cm³/mol. The maximum absolute atomic E-state index is 13.4. The number of hydrogen-bond donors (Lipinski definition) is 6. The third-order valence-electron chi connectivity index (χ3n) is 16.0.